The van der Waals surface area contributed by atoms with Crippen LogP contribution in [0.4, 0.5) is 0 Å². The first kappa shape index (κ1) is 26.0. The number of carbonyl (C=O) groups is 1. The number of fused-ring (bicyclic) bond motifs is 1. The van der Waals surface area contributed by atoms with E-state index in [-0.39, 0.29) is 12.5 Å². The first-order valence-electron chi connectivity index (χ1n) is 12.4. The Kier molecular flexibility index (Phi) is 6.79. The van der Waals surface area contributed by atoms with Crippen LogP contribution in [0.15, 0.2) is 54.6 Å². The van der Waals surface area contributed by atoms with Crippen molar-refractivity contribution < 1.29 is 32.5 Å². The highest BCUT2D eigenvalue weighted by atomic mass is 32.2. The second-order valence-electron chi connectivity index (χ2n) is 10.2. The Labute approximate surface area is 221 Å². The van der Waals surface area contributed by atoms with Gasteiger partial charge in [0.25, 0.3) is 0 Å². The number of hydrogen-bond donors (Lipinski definition) is 2. The van der Waals surface area contributed by atoms with E-state index in [0.29, 0.717) is 36.8 Å². The van der Waals surface area contributed by atoms with E-state index >= 15 is 0 Å². The molecule has 1 amide bonds. The van der Waals surface area contributed by atoms with Gasteiger partial charge in [0.1, 0.15) is 23.4 Å². The number of rotatable bonds is 8. The molecule has 0 spiro atoms. The third kappa shape index (κ3) is 5.46. The molecule has 1 fully saturated rings. The molecule has 9 nitrogen and oxygen atoms in total. The van der Waals surface area contributed by atoms with Crippen molar-refractivity contribution in [2.24, 2.45) is 0 Å². The van der Waals surface area contributed by atoms with Crippen molar-refractivity contribution in [1.29, 1.82) is 0 Å². The van der Waals surface area contributed by atoms with E-state index in [4.69, 9.17) is 14.2 Å². The molecular formula is C28H30N2O7S. The van der Waals surface area contributed by atoms with Crippen LogP contribution in [0.5, 0.6) is 17.4 Å². The van der Waals surface area contributed by atoms with E-state index in [1.807, 2.05) is 42.0 Å². The molecule has 0 aliphatic carbocycles. The van der Waals surface area contributed by atoms with Gasteiger partial charge in [-0.2, -0.15) is 0 Å². The summed E-state index contributed by atoms with van der Waals surface area (Å²) in [6.45, 7) is 6.09. The average molecular weight is 539 g/mol. The predicted octanol–water partition coefficient (Wildman–Crippen LogP) is 4.00. The van der Waals surface area contributed by atoms with Gasteiger partial charge in [-0.05, 0) is 44.5 Å². The summed E-state index contributed by atoms with van der Waals surface area (Å²) in [4.78, 5) is 16.1. The fraction of sp³-hybridized carbons (Fsp3) is 0.357. The van der Waals surface area contributed by atoms with Gasteiger partial charge in [0.2, 0.25) is 21.8 Å². The molecule has 3 aromatic rings. The molecular weight excluding hydrogens is 508 g/mol. The number of sulfonamides is 1. The first-order valence-corrected chi connectivity index (χ1v) is 13.9. The summed E-state index contributed by atoms with van der Waals surface area (Å²) >= 11 is 0. The standard InChI is InChI=1S/C28H30N2O7S/c1-17-20(11-12-26(29-17)35-14-13-28(2,3)32)21-5-4-6-22-23(16-36-27(21)22)37-19-9-7-18(8-10-19)24-15-25(31)30-38(24,33)34/h4-12,23-24,32H,13-16H2,1-3H3,(H,30,31)/t23-,24?/m1/s1. The molecule has 0 saturated carbocycles. The SMILES string of the molecule is Cc1nc(OCCC(C)(C)O)ccc1-c1cccc2c1OC[C@H]2Oc1ccc(C2CC(=O)NS2(=O)=O)cc1. The molecule has 0 bridgehead atoms. The number of pyridine rings is 1. The maximum Gasteiger partial charge on any atom is 0.242 e. The highest BCUT2D eigenvalue weighted by molar-refractivity contribution is 7.90. The smallest absolute Gasteiger partial charge is 0.242 e. The third-order valence-corrected chi connectivity index (χ3v) is 8.32. The average Bonchev–Trinajstić information content (AvgIpc) is 3.38. The number of carbonyl (C=O) groups excluding carboxylic acids is 1. The molecule has 2 N–H and O–H groups in total. The Balaban J connectivity index is 1.31. The lowest BCUT2D eigenvalue weighted by Gasteiger charge is -2.17. The van der Waals surface area contributed by atoms with E-state index in [9.17, 15) is 18.3 Å². The number of ether oxygens (including phenoxy) is 3. The van der Waals surface area contributed by atoms with E-state index in [1.165, 1.54) is 0 Å². The van der Waals surface area contributed by atoms with E-state index in [0.717, 1.165) is 28.1 Å². The summed E-state index contributed by atoms with van der Waals surface area (Å²) in [6, 6.07) is 16.4. The normalized spacial score (nSPS) is 19.9. The zero-order valence-electron chi connectivity index (χ0n) is 21.4. The summed E-state index contributed by atoms with van der Waals surface area (Å²) in [5.74, 6) is 1.31. The number of aliphatic hydroxyl groups is 1. The van der Waals surface area contributed by atoms with Crippen LogP contribution in [0.1, 0.15) is 54.9 Å². The van der Waals surface area contributed by atoms with Crippen LogP contribution in [0, 0.1) is 6.92 Å². The molecule has 0 radical (unpaired) electrons. The van der Waals surface area contributed by atoms with Gasteiger partial charge >= 0.3 is 0 Å². The van der Waals surface area contributed by atoms with Gasteiger partial charge in [0.15, 0.2) is 6.10 Å². The van der Waals surface area contributed by atoms with Crippen LogP contribution in [0.3, 0.4) is 0 Å². The minimum atomic E-state index is -3.70. The van der Waals surface area contributed by atoms with E-state index in [1.54, 1.807) is 38.1 Å². The molecule has 1 unspecified atom stereocenters. The molecule has 10 heteroatoms. The topological polar surface area (TPSA) is 124 Å². The summed E-state index contributed by atoms with van der Waals surface area (Å²) in [5, 5.41) is 8.98. The maximum atomic E-state index is 12.1. The quantitative estimate of drug-likeness (QED) is 0.441. The van der Waals surface area contributed by atoms with Gasteiger partial charge in [-0.1, -0.05) is 30.3 Å². The van der Waals surface area contributed by atoms with Crippen molar-refractivity contribution in [3.63, 3.8) is 0 Å². The molecule has 2 atom stereocenters. The number of aryl methyl sites for hydroxylation is 1. The molecule has 5 rings (SSSR count). The van der Waals surface area contributed by atoms with E-state index in [2.05, 4.69) is 4.98 Å². The second kappa shape index (κ2) is 9.92. The fourth-order valence-electron chi connectivity index (χ4n) is 4.61. The van der Waals surface area contributed by atoms with Crippen molar-refractivity contribution >= 4 is 15.9 Å². The van der Waals surface area contributed by atoms with Gasteiger partial charge in [-0.15, -0.1) is 0 Å². The predicted molar refractivity (Wildman–Crippen MR) is 141 cm³/mol. The number of nitrogens with zero attached hydrogens (tertiary/aromatic N) is 1. The number of aromatic nitrogens is 1. The summed E-state index contributed by atoms with van der Waals surface area (Å²) in [6.07, 6.45) is 0.0695. The Hall–Kier alpha value is -3.63. The lowest BCUT2D eigenvalue weighted by molar-refractivity contribution is -0.118. The second-order valence-corrected chi connectivity index (χ2v) is 12.0. The van der Waals surface area contributed by atoms with Crippen LogP contribution in [0.25, 0.3) is 11.1 Å². The van der Waals surface area contributed by atoms with Gasteiger partial charge in [0.05, 0.1) is 18.6 Å². The molecule has 38 heavy (non-hydrogen) atoms. The molecule has 1 aromatic heterocycles. The summed E-state index contributed by atoms with van der Waals surface area (Å²) in [7, 11) is -3.70. The van der Waals surface area contributed by atoms with Crippen LogP contribution in [-0.4, -0.2) is 43.2 Å². The monoisotopic (exact) mass is 538 g/mol. The zero-order valence-corrected chi connectivity index (χ0v) is 22.2. The first-order chi connectivity index (χ1) is 18.0. The van der Waals surface area contributed by atoms with Crippen molar-refractivity contribution in [1.82, 2.24) is 9.71 Å². The number of nitrogens with one attached hydrogen (secondary N) is 1. The third-order valence-electron chi connectivity index (χ3n) is 6.62. The van der Waals surface area contributed by atoms with Crippen LogP contribution < -0.4 is 18.9 Å². The van der Waals surface area contributed by atoms with E-state index < -0.39 is 26.8 Å². The number of hydrogen-bond acceptors (Lipinski definition) is 8. The molecule has 2 aliphatic heterocycles. The van der Waals surface area contributed by atoms with Crippen LogP contribution in [0.2, 0.25) is 0 Å². The Bertz CT molecular complexity index is 1460. The van der Waals surface area contributed by atoms with Crippen molar-refractivity contribution in [2.45, 2.75) is 50.6 Å². The Morgan fingerprint density at radius 3 is 2.53 bits per heavy atom. The lowest BCUT2D eigenvalue weighted by Crippen LogP contribution is -2.22. The minimum absolute atomic E-state index is 0.0859. The van der Waals surface area contributed by atoms with Gasteiger partial charge in [-0.3, -0.25) is 9.52 Å². The van der Waals surface area contributed by atoms with Gasteiger partial charge in [0, 0.05) is 34.9 Å². The lowest BCUT2D eigenvalue weighted by atomic mass is 9.99. The molecule has 2 aromatic carbocycles. The minimum Gasteiger partial charge on any atom is -0.488 e. The molecule has 2 aliphatic rings. The van der Waals surface area contributed by atoms with Crippen molar-refractivity contribution in [3.8, 4) is 28.5 Å². The largest absolute Gasteiger partial charge is 0.488 e. The molecule has 200 valence electrons. The van der Waals surface area contributed by atoms with Crippen molar-refractivity contribution in [3.05, 3.63) is 71.4 Å². The molecule has 1 saturated heterocycles. The maximum absolute atomic E-state index is 12.1. The Morgan fingerprint density at radius 1 is 1.11 bits per heavy atom. The summed E-state index contributed by atoms with van der Waals surface area (Å²) < 4.78 is 44.3. The number of benzene rings is 2. The summed E-state index contributed by atoms with van der Waals surface area (Å²) in [5.41, 5.74) is 3.26. The Morgan fingerprint density at radius 2 is 1.87 bits per heavy atom. The van der Waals surface area contributed by atoms with Crippen LogP contribution in [-0.2, 0) is 14.8 Å². The van der Waals surface area contributed by atoms with Crippen LogP contribution >= 0.6 is 0 Å². The molecule has 3 heterocycles. The highest BCUT2D eigenvalue weighted by Gasteiger charge is 2.38. The van der Waals surface area contributed by atoms with Crippen molar-refractivity contribution in [2.75, 3.05) is 13.2 Å². The number of amides is 1. The van der Waals surface area contributed by atoms with Gasteiger partial charge in [-0.25, -0.2) is 13.4 Å². The highest BCUT2D eigenvalue weighted by Crippen LogP contribution is 2.43. The van der Waals surface area contributed by atoms with Gasteiger partial charge < -0.3 is 19.3 Å². The number of para-hydroxylation sites is 1. The fourth-order valence-corrected chi connectivity index (χ4v) is 6.04. The zero-order chi connectivity index (χ0) is 27.1.